The van der Waals surface area contributed by atoms with E-state index in [1.165, 1.54) is 6.20 Å². The Morgan fingerprint density at radius 1 is 1.31 bits per heavy atom. The quantitative estimate of drug-likeness (QED) is 0.495. The van der Waals surface area contributed by atoms with Crippen molar-refractivity contribution < 1.29 is 4.74 Å². The summed E-state index contributed by atoms with van der Waals surface area (Å²) >= 11 is 0. The largest absolute Gasteiger partial charge is 0.485 e. The van der Waals surface area contributed by atoms with Gasteiger partial charge in [0, 0.05) is 50.4 Å². The summed E-state index contributed by atoms with van der Waals surface area (Å²) in [6.07, 6.45) is 6.24. The summed E-state index contributed by atoms with van der Waals surface area (Å²) < 4.78 is 7.96. The lowest BCUT2D eigenvalue weighted by atomic mass is 10.1. The van der Waals surface area contributed by atoms with Crippen LogP contribution in [-0.4, -0.2) is 58.5 Å². The van der Waals surface area contributed by atoms with Crippen molar-refractivity contribution in [2.24, 2.45) is 10.7 Å². The second-order valence-corrected chi connectivity index (χ2v) is 7.05. The molecule has 1 aliphatic heterocycles. The van der Waals surface area contributed by atoms with Gasteiger partial charge in [0.05, 0.1) is 5.52 Å². The van der Waals surface area contributed by atoms with Gasteiger partial charge in [0.25, 0.3) is 0 Å². The summed E-state index contributed by atoms with van der Waals surface area (Å²) in [6.45, 7) is 1.91. The lowest BCUT2D eigenvalue weighted by molar-refractivity contribution is 0.137. The predicted octanol–water partition coefficient (Wildman–Crippen LogP) is 2.41. The first-order valence-electron chi connectivity index (χ1n) is 9.58. The Hall–Kier alpha value is -3.39. The van der Waals surface area contributed by atoms with E-state index in [0.717, 1.165) is 47.9 Å². The van der Waals surface area contributed by atoms with Gasteiger partial charge in [-0.3, -0.25) is 4.99 Å². The van der Waals surface area contributed by atoms with Crippen molar-refractivity contribution in [2.75, 3.05) is 32.5 Å². The molecule has 4 rings (SSSR count). The number of anilines is 2. The number of aromatic nitrogens is 3. The molecule has 1 atom stereocenters. The number of hydrogen-bond acceptors (Lipinski definition) is 7. The van der Waals surface area contributed by atoms with E-state index in [1.807, 2.05) is 42.6 Å². The average Bonchev–Trinajstić information content (AvgIpc) is 3.33. The molecule has 0 bridgehead atoms. The van der Waals surface area contributed by atoms with E-state index in [-0.39, 0.29) is 6.10 Å². The maximum atomic E-state index is 6.16. The zero-order chi connectivity index (χ0) is 20.2. The van der Waals surface area contributed by atoms with Crippen LogP contribution in [0.15, 0.2) is 65.7 Å². The molecule has 0 aromatic carbocycles. The monoisotopic (exact) mass is 391 g/mol. The Bertz CT molecular complexity index is 1040. The van der Waals surface area contributed by atoms with E-state index < -0.39 is 0 Å². The fourth-order valence-corrected chi connectivity index (χ4v) is 3.50. The summed E-state index contributed by atoms with van der Waals surface area (Å²) in [4.78, 5) is 11.0. The van der Waals surface area contributed by atoms with Crippen LogP contribution in [0.1, 0.15) is 12.0 Å². The van der Waals surface area contributed by atoms with Crippen LogP contribution in [0.3, 0.4) is 0 Å². The van der Waals surface area contributed by atoms with E-state index >= 15 is 0 Å². The molecule has 150 valence electrons. The molecule has 0 radical (unpaired) electrons. The van der Waals surface area contributed by atoms with Crippen LogP contribution in [0.25, 0.3) is 5.52 Å². The van der Waals surface area contributed by atoms with E-state index in [2.05, 4.69) is 32.3 Å². The molecule has 0 saturated carbocycles. The van der Waals surface area contributed by atoms with Crippen molar-refractivity contribution >= 4 is 22.9 Å². The number of rotatable bonds is 6. The highest BCUT2D eigenvalue weighted by Crippen LogP contribution is 2.21. The molecule has 8 heteroatoms. The molecule has 3 aromatic heterocycles. The molecule has 3 N–H and O–H groups in total. The topological polar surface area (TPSA) is 93.1 Å². The Morgan fingerprint density at radius 3 is 2.90 bits per heavy atom. The van der Waals surface area contributed by atoms with Gasteiger partial charge in [-0.25, -0.2) is 9.50 Å². The van der Waals surface area contributed by atoms with Crippen molar-refractivity contribution in [1.82, 2.24) is 19.5 Å². The summed E-state index contributed by atoms with van der Waals surface area (Å²) in [5.74, 6) is 2.06. The molecule has 3 aromatic rings. The number of fused-ring (bicyclic) bond motifs is 1. The molecule has 4 heterocycles. The molecular formula is C21H25N7O. The van der Waals surface area contributed by atoms with E-state index in [4.69, 9.17) is 10.5 Å². The van der Waals surface area contributed by atoms with Crippen molar-refractivity contribution in [3.8, 4) is 0 Å². The third-order valence-electron chi connectivity index (χ3n) is 4.91. The van der Waals surface area contributed by atoms with E-state index in [1.54, 1.807) is 17.8 Å². The molecule has 29 heavy (non-hydrogen) atoms. The minimum atomic E-state index is 0.124. The van der Waals surface area contributed by atoms with Gasteiger partial charge in [-0.15, -0.1) is 0 Å². The molecule has 0 spiro atoms. The maximum absolute atomic E-state index is 6.16. The average molecular weight is 391 g/mol. The molecule has 1 saturated heterocycles. The highest BCUT2D eigenvalue weighted by atomic mass is 16.5. The summed E-state index contributed by atoms with van der Waals surface area (Å²) in [5, 5.41) is 7.75. The minimum absolute atomic E-state index is 0.124. The Balaban J connectivity index is 1.57. The molecule has 0 unspecified atom stereocenters. The number of nitrogens with two attached hydrogens (primary N) is 1. The number of hydrogen-bond donors (Lipinski definition) is 2. The third kappa shape index (κ3) is 4.22. The maximum Gasteiger partial charge on any atom is 0.160 e. The lowest BCUT2D eigenvalue weighted by Gasteiger charge is -2.18. The molecule has 8 nitrogen and oxygen atoms in total. The number of allylic oxidation sites excluding steroid dienone is 1. The standard InChI is InChI=1S/C21H25N7O/c1-23-21(18(13-22)29-17-7-9-27(2)14-17)15-6-10-28-16(11-15)12-20(26-28)25-19-5-3-4-8-24-19/h3-6,8,10-13,17H,7,9,14,22H2,1-2H3,(H,24,25,26)/b18-13+,23-21?/t17-/m0/s1. The minimum Gasteiger partial charge on any atom is -0.485 e. The summed E-state index contributed by atoms with van der Waals surface area (Å²) in [5.41, 5.74) is 8.47. The van der Waals surface area contributed by atoms with Gasteiger partial charge in [0.1, 0.15) is 17.6 Å². The van der Waals surface area contributed by atoms with Gasteiger partial charge >= 0.3 is 0 Å². The van der Waals surface area contributed by atoms with Gasteiger partial charge in [-0.1, -0.05) is 6.07 Å². The van der Waals surface area contributed by atoms with Gasteiger partial charge < -0.3 is 20.7 Å². The van der Waals surface area contributed by atoms with Crippen molar-refractivity contribution in [3.05, 3.63) is 66.3 Å². The first kappa shape index (κ1) is 18.9. The van der Waals surface area contributed by atoms with Crippen LogP contribution < -0.4 is 11.1 Å². The Morgan fingerprint density at radius 2 is 2.21 bits per heavy atom. The smallest absolute Gasteiger partial charge is 0.160 e. The van der Waals surface area contributed by atoms with Crippen LogP contribution >= 0.6 is 0 Å². The second-order valence-electron chi connectivity index (χ2n) is 7.05. The number of likely N-dealkylation sites (tertiary alicyclic amines) is 1. The van der Waals surface area contributed by atoms with Gasteiger partial charge in [0.2, 0.25) is 0 Å². The zero-order valence-corrected chi connectivity index (χ0v) is 16.6. The third-order valence-corrected chi connectivity index (χ3v) is 4.91. The second kappa shape index (κ2) is 8.32. The molecule has 1 aliphatic rings. The van der Waals surface area contributed by atoms with Gasteiger partial charge in [-0.05, 0) is 37.7 Å². The van der Waals surface area contributed by atoms with Crippen LogP contribution in [-0.2, 0) is 4.74 Å². The number of nitrogens with zero attached hydrogens (tertiary/aromatic N) is 5. The van der Waals surface area contributed by atoms with E-state index in [9.17, 15) is 0 Å². The lowest BCUT2D eigenvalue weighted by Crippen LogP contribution is -2.22. The van der Waals surface area contributed by atoms with E-state index in [0.29, 0.717) is 5.76 Å². The summed E-state index contributed by atoms with van der Waals surface area (Å²) in [7, 11) is 3.84. The predicted molar refractivity (Wildman–Crippen MR) is 114 cm³/mol. The SMILES string of the molecule is CN=C(/C(=C\N)O[C@H]1CCN(C)C1)c1ccn2nc(Nc3ccccn3)cc2c1. The molecule has 0 aliphatic carbocycles. The Kier molecular flexibility index (Phi) is 5.44. The number of aliphatic imine (C=N–C) groups is 1. The zero-order valence-electron chi connectivity index (χ0n) is 16.6. The van der Waals surface area contributed by atoms with Crippen molar-refractivity contribution in [2.45, 2.75) is 12.5 Å². The highest BCUT2D eigenvalue weighted by Gasteiger charge is 2.23. The highest BCUT2D eigenvalue weighted by molar-refractivity contribution is 6.11. The molecular weight excluding hydrogens is 366 g/mol. The van der Waals surface area contributed by atoms with Crippen LogP contribution in [0.2, 0.25) is 0 Å². The number of ether oxygens (including phenoxy) is 1. The van der Waals surface area contributed by atoms with Gasteiger partial charge in [-0.2, -0.15) is 5.10 Å². The molecule has 1 fully saturated rings. The van der Waals surface area contributed by atoms with Crippen LogP contribution in [0.4, 0.5) is 11.6 Å². The normalized spacial score (nSPS) is 18.3. The van der Waals surface area contributed by atoms with Crippen molar-refractivity contribution in [3.63, 3.8) is 0 Å². The number of pyridine rings is 2. The molecule has 0 amide bonds. The van der Waals surface area contributed by atoms with Gasteiger partial charge in [0.15, 0.2) is 11.6 Å². The van der Waals surface area contributed by atoms with Crippen LogP contribution in [0, 0.1) is 0 Å². The summed E-state index contributed by atoms with van der Waals surface area (Å²) in [6, 6.07) is 11.6. The first-order chi connectivity index (χ1) is 14.2. The fourth-order valence-electron chi connectivity index (χ4n) is 3.50. The number of likely N-dealkylation sites (N-methyl/N-ethyl adjacent to an activating group) is 1. The fraction of sp³-hybridized carbons (Fsp3) is 0.286. The Labute approximate surface area is 169 Å². The van der Waals surface area contributed by atoms with Crippen LogP contribution in [0.5, 0.6) is 0 Å². The number of nitrogens with one attached hydrogen (secondary N) is 1. The van der Waals surface area contributed by atoms with Crippen molar-refractivity contribution in [1.29, 1.82) is 0 Å². The first-order valence-corrected chi connectivity index (χ1v) is 9.58.